The van der Waals surface area contributed by atoms with Crippen molar-refractivity contribution in [2.24, 2.45) is 0 Å². The van der Waals surface area contributed by atoms with E-state index in [9.17, 15) is 18.0 Å². The quantitative estimate of drug-likeness (QED) is 0.903. The van der Waals surface area contributed by atoms with Gasteiger partial charge in [0.1, 0.15) is 0 Å². The van der Waals surface area contributed by atoms with Gasteiger partial charge in [-0.15, -0.1) is 0 Å². The van der Waals surface area contributed by atoms with Gasteiger partial charge in [0, 0.05) is 5.69 Å². The molecule has 0 unspecified atom stereocenters. The maximum atomic E-state index is 12.5. The molecular weight excluding hydrogens is 277 g/mol. The lowest BCUT2D eigenvalue weighted by Crippen LogP contribution is -2.05. The number of halogens is 3. The number of carboxylic acid groups (broad SMARTS) is 1. The Hall–Kier alpha value is -2.51. The first kappa shape index (κ1) is 13.9. The van der Waals surface area contributed by atoms with Gasteiger partial charge >= 0.3 is 12.1 Å². The van der Waals surface area contributed by atoms with E-state index in [-0.39, 0.29) is 23.2 Å². The van der Waals surface area contributed by atoms with Gasteiger partial charge in [-0.25, -0.2) is 4.79 Å². The van der Waals surface area contributed by atoms with Gasteiger partial charge in [-0.3, -0.25) is 0 Å². The molecule has 0 saturated heterocycles. The molecule has 8 heteroatoms. The van der Waals surface area contributed by atoms with E-state index < -0.39 is 17.7 Å². The summed E-state index contributed by atoms with van der Waals surface area (Å²) in [7, 11) is 0. The molecule has 0 bridgehead atoms. The highest BCUT2D eigenvalue weighted by Gasteiger charge is 2.30. The minimum Gasteiger partial charge on any atom is -0.475 e. The zero-order valence-electron chi connectivity index (χ0n) is 10.2. The van der Waals surface area contributed by atoms with Crippen LogP contribution in [0.3, 0.4) is 0 Å². The monoisotopic (exact) mass is 286 g/mol. The second-order valence-corrected chi connectivity index (χ2v) is 3.94. The summed E-state index contributed by atoms with van der Waals surface area (Å²) in [6.07, 6.45) is -4.46. The number of nitrogens with one attached hydrogen (secondary N) is 1. The van der Waals surface area contributed by atoms with Crippen LogP contribution < -0.4 is 5.32 Å². The van der Waals surface area contributed by atoms with Crippen molar-refractivity contribution in [2.75, 3.05) is 5.32 Å². The topological polar surface area (TPSA) is 75.4 Å². The van der Waals surface area contributed by atoms with E-state index in [1.165, 1.54) is 19.1 Å². The summed E-state index contributed by atoms with van der Waals surface area (Å²) in [5.41, 5.74) is -0.603. The number of carbonyl (C=O) groups is 1. The molecule has 1 aromatic carbocycles. The Labute approximate surface area is 111 Å². The number of rotatable bonds is 3. The number of benzene rings is 1. The van der Waals surface area contributed by atoms with E-state index in [2.05, 4.69) is 10.3 Å². The van der Waals surface area contributed by atoms with Gasteiger partial charge in [0.05, 0.1) is 11.3 Å². The predicted octanol–water partition coefficient (Wildman–Crippen LogP) is 3.44. The first-order valence-corrected chi connectivity index (χ1v) is 5.42. The van der Waals surface area contributed by atoms with Crippen molar-refractivity contribution in [1.29, 1.82) is 0 Å². The first-order chi connectivity index (χ1) is 9.27. The zero-order valence-corrected chi connectivity index (χ0v) is 10.2. The van der Waals surface area contributed by atoms with Crippen LogP contribution in [0, 0.1) is 6.92 Å². The smallest absolute Gasteiger partial charge is 0.416 e. The van der Waals surface area contributed by atoms with Gasteiger partial charge in [0.15, 0.2) is 0 Å². The fraction of sp³-hybridized carbons (Fsp3) is 0.167. The molecule has 0 radical (unpaired) electrons. The number of oxazole rings is 1. The standard InChI is InChI=1S/C12H9F3N2O3/c1-6-9(10(18)19)20-11(16-6)17-8-4-2-3-7(5-8)12(13,14)15/h2-5H,1H3,(H,16,17)(H,18,19). The molecule has 2 rings (SSSR count). The molecule has 1 heterocycles. The number of hydrogen-bond acceptors (Lipinski definition) is 4. The minimum atomic E-state index is -4.46. The third-order valence-electron chi connectivity index (χ3n) is 2.43. The average Bonchev–Trinajstić information content (AvgIpc) is 2.69. The van der Waals surface area contributed by atoms with Crippen LogP contribution in [0.4, 0.5) is 24.9 Å². The van der Waals surface area contributed by atoms with Crippen molar-refractivity contribution in [3.8, 4) is 0 Å². The fourth-order valence-corrected chi connectivity index (χ4v) is 1.55. The number of anilines is 2. The van der Waals surface area contributed by atoms with Gasteiger partial charge in [-0.1, -0.05) is 6.07 Å². The lowest BCUT2D eigenvalue weighted by molar-refractivity contribution is -0.137. The molecule has 2 aromatic rings. The Morgan fingerprint density at radius 3 is 2.65 bits per heavy atom. The lowest BCUT2D eigenvalue weighted by atomic mass is 10.2. The van der Waals surface area contributed by atoms with Gasteiger partial charge in [0.25, 0.3) is 6.01 Å². The molecule has 0 spiro atoms. The van der Waals surface area contributed by atoms with Crippen LogP contribution in [0.5, 0.6) is 0 Å². The number of aryl methyl sites for hydroxylation is 1. The minimum absolute atomic E-state index is 0.0954. The number of nitrogens with zero attached hydrogens (tertiary/aromatic N) is 1. The average molecular weight is 286 g/mol. The first-order valence-electron chi connectivity index (χ1n) is 5.42. The van der Waals surface area contributed by atoms with Crippen molar-refractivity contribution in [3.05, 3.63) is 41.3 Å². The molecule has 0 amide bonds. The number of hydrogen-bond donors (Lipinski definition) is 2. The summed E-state index contributed by atoms with van der Waals surface area (Å²) < 4.78 is 42.5. The molecule has 0 aliphatic heterocycles. The number of alkyl halides is 3. The van der Waals surface area contributed by atoms with Crippen molar-refractivity contribution < 1.29 is 27.5 Å². The highest BCUT2D eigenvalue weighted by Crippen LogP contribution is 2.31. The van der Waals surface area contributed by atoms with Gasteiger partial charge in [0.2, 0.25) is 5.76 Å². The summed E-state index contributed by atoms with van der Waals surface area (Å²) in [6, 6.07) is 4.22. The number of aromatic nitrogens is 1. The summed E-state index contributed by atoms with van der Waals surface area (Å²) in [6.45, 7) is 1.42. The molecule has 5 nitrogen and oxygen atoms in total. The van der Waals surface area contributed by atoms with E-state index in [4.69, 9.17) is 9.52 Å². The third-order valence-corrected chi connectivity index (χ3v) is 2.43. The van der Waals surface area contributed by atoms with Gasteiger partial charge in [-0.2, -0.15) is 18.2 Å². The Morgan fingerprint density at radius 1 is 1.40 bits per heavy atom. The van der Waals surface area contributed by atoms with E-state index in [0.717, 1.165) is 12.1 Å². The summed E-state index contributed by atoms with van der Waals surface area (Å²) in [4.78, 5) is 14.5. The second kappa shape index (κ2) is 4.87. The van der Waals surface area contributed by atoms with Crippen LogP contribution >= 0.6 is 0 Å². The second-order valence-electron chi connectivity index (χ2n) is 3.94. The highest BCUT2D eigenvalue weighted by atomic mass is 19.4. The number of aromatic carboxylic acids is 1. The highest BCUT2D eigenvalue weighted by molar-refractivity contribution is 5.85. The molecule has 0 aliphatic carbocycles. The predicted molar refractivity (Wildman–Crippen MR) is 62.9 cm³/mol. The molecule has 1 aromatic heterocycles. The van der Waals surface area contributed by atoms with Crippen molar-refractivity contribution >= 4 is 17.7 Å². The summed E-state index contributed by atoms with van der Waals surface area (Å²) in [5, 5.41) is 11.3. The maximum absolute atomic E-state index is 12.5. The Kier molecular flexibility index (Phi) is 3.39. The van der Waals surface area contributed by atoms with Crippen LogP contribution in [0.25, 0.3) is 0 Å². The van der Waals surface area contributed by atoms with Crippen LogP contribution in [0.2, 0.25) is 0 Å². The zero-order chi connectivity index (χ0) is 14.9. The Bertz CT molecular complexity index is 650. The van der Waals surface area contributed by atoms with Gasteiger partial charge < -0.3 is 14.8 Å². The molecule has 20 heavy (non-hydrogen) atoms. The van der Waals surface area contributed by atoms with E-state index in [0.29, 0.717) is 0 Å². The molecule has 0 saturated carbocycles. The SMILES string of the molecule is Cc1nc(Nc2cccc(C(F)(F)F)c2)oc1C(=O)O. The summed E-state index contributed by atoms with van der Waals surface area (Å²) >= 11 is 0. The Morgan fingerprint density at radius 2 is 2.10 bits per heavy atom. The summed E-state index contributed by atoms with van der Waals surface area (Å²) in [5.74, 6) is -1.66. The fourth-order valence-electron chi connectivity index (χ4n) is 1.55. The van der Waals surface area contributed by atoms with Crippen molar-refractivity contribution in [2.45, 2.75) is 13.1 Å². The lowest BCUT2D eigenvalue weighted by Gasteiger charge is -2.08. The number of carboxylic acids is 1. The van der Waals surface area contributed by atoms with E-state index in [1.807, 2.05) is 0 Å². The van der Waals surface area contributed by atoms with Crippen LogP contribution in [-0.4, -0.2) is 16.1 Å². The molecule has 0 fully saturated rings. The van der Waals surface area contributed by atoms with Crippen LogP contribution in [0.1, 0.15) is 21.8 Å². The molecule has 0 aliphatic rings. The van der Waals surface area contributed by atoms with Gasteiger partial charge in [-0.05, 0) is 25.1 Å². The normalized spacial score (nSPS) is 11.4. The largest absolute Gasteiger partial charge is 0.475 e. The molecule has 0 atom stereocenters. The third kappa shape index (κ3) is 2.90. The maximum Gasteiger partial charge on any atom is 0.416 e. The van der Waals surface area contributed by atoms with E-state index in [1.54, 1.807) is 0 Å². The van der Waals surface area contributed by atoms with Crippen LogP contribution in [-0.2, 0) is 6.18 Å². The molecule has 106 valence electrons. The van der Waals surface area contributed by atoms with Crippen molar-refractivity contribution in [3.63, 3.8) is 0 Å². The Balaban J connectivity index is 2.26. The van der Waals surface area contributed by atoms with Crippen molar-refractivity contribution in [1.82, 2.24) is 4.98 Å². The van der Waals surface area contributed by atoms with E-state index >= 15 is 0 Å². The van der Waals surface area contributed by atoms with Crippen LogP contribution in [0.15, 0.2) is 28.7 Å². The molecule has 2 N–H and O–H groups in total. The molecular formula is C12H9F3N2O3.